The molecule has 0 saturated heterocycles. The van der Waals surface area contributed by atoms with Crippen LogP contribution in [0.5, 0.6) is 0 Å². The van der Waals surface area contributed by atoms with Crippen molar-refractivity contribution in [1.82, 2.24) is 0 Å². The summed E-state index contributed by atoms with van der Waals surface area (Å²) >= 11 is 3.65. The Hall–Kier alpha value is -1.15. The Bertz CT molecular complexity index is 491. The third-order valence-corrected chi connectivity index (χ3v) is 3.60. The van der Waals surface area contributed by atoms with E-state index in [1.54, 1.807) is 12.1 Å². The summed E-state index contributed by atoms with van der Waals surface area (Å²) in [6.45, 7) is 2.07. The summed E-state index contributed by atoms with van der Waals surface area (Å²) in [7, 11) is 0. The highest BCUT2D eigenvalue weighted by Gasteiger charge is 2.08. The Morgan fingerprint density at radius 3 is 2.47 bits per heavy atom. The number of hydrogen-bond donors (Lipinski definition) is 0. The Morgan fingerprint density at radius 1 is 1.12 bits per heavy atom. The maximum Gasteiger partial charge on any atom is 0.123 e. The lowest BCUT2D eigenvalue weighted by Gasteiger charge is -2.10. The van der Waals surface area contributed by atoms with E-state index in [1.165, 1.54) is 17.2 Å². The van der Waals surface area contributed by atoms with Crippen LogP contribution in [0.1, 0.15) is 21.5 Å². The molecule has 0 saturated carbocycles. The molecule has 0 nitrogen and oxygen atoms in total. The summed E-state index contributed by atoms with van der Waals surface area (Å²) in [5, 5.41) is 0. The van der Waals surface area contributed by atoms with Gasteiger partial charge in [-0.3, -0.25) is 0 Å². The van der Waals surface area contributed by atoms with Crippen LogP contribution in [0, 0.1) is 12.7 Å². The first kappa shape index (κ1) is 12.3. The van der Waals surface area contributed by atoms with E-state index >= 15 is 0 Å². The lowest BCUT2D eigenvalue weighted by molar-refractivity contribution is 0.625. The summed E-state index contributed by atoms with van der Waals surface area (Å²) in [5.41, 5.74) is 3.48. The minimum absolute atomic E-state index is 0.175. The van der Waals surface area contributed by atoms with Gasteiger partial charge < -0.3 is 0 Å². The van der Waals surface area contributed by atoms with Crippen LogP contribution in [0.15, 0.2) is 48.5 Å². The number of aryl methyl sites for hydroxylation is 1. The van der Waals surface area contributed by atoms with Crippen LogP contribution in [0.4, 0.5) is 4.39 Å². The van der Waals surface area contributed by atoms with Crippen molar-refractivity contribution in [2.75, 3.05) is 0 Å². The van der Waals surface area contributed by atoms with E-state index in [4.69, 9.17) is 0 Å². The SMILES string of the molecule is Cc1ccc(C(Br)Cc2cccc(F)c2)cc1. The van der Waals surface area contributed by atoms with E-state index in [0.29, 0.717) is 0 Å². The quantitative estimate of drug-likeness (QED) is 0.712. The number of benzene rings is 2. The topological polar surface area (TPSA) is 0 Å². The van der Waals surface area contributed by atoms with Crippen LogP contribution in [0.25, 0.3) is 0 Å². The van der Waals surface area contributed by atoms with Gasteiger partial charge in [-0.25, -0.2) is 4.39 Å². The van der Waals surface area contributed by atoms with Gasteiger partial charge in [0.1, 0.15) is 5.82 Å². The van der Waals surface area contributed by atoms with Crippen molar-refractivity contribution < 1.29 is 4.39 Å². The van der Waals surface area contributed by atoms with Gasteiger partial charge in [0.05, 0.1) is 0 Å². The molecular formula is C15H14BrF. The van der Waals surface area contributed by atoms with E-state index in [-0.39, 0.29) is 10.6 Å². The highest BCUT2D eigenvalue weighted by molar-refractivity contribution is 9.09. The van der Waals surface area contributed by atoms with Gasteiger partial charge in [0.15, 0.2) is 0 Å². The van der Waals surface area contributed by atoms with Crippen LogP contribution >= 0.6 is 15.9 Å². The Kier molecular flexibility index (Phi) is 3.95. The summed E-state index contributed by atoms with van der Waals surface area (Å²) in [4.78, 5) is 0.227. The van der Waals surface area contributed by atoms with Gasteiger partial charge in [0.2, 0.25) is 0 Å². The molecule has 0 aromatic heterocycles. The fourth-order valence-electron chi connectivity index (χ4n) is 1.76. The molecule has 0 heterocycles. The molecule has 1 unspecified atom stereocenters. The zero-order valence-corrected chi connectivity index (χ0v) is 11.2. The van der Waals surface area contributed by atoms with Crippen molar-refractivity contribution >= 4 is 15.9 Å². The molecule has 0 aliphatic carbocycles. The van der Waals surface area contributed by atoms with Gasteiger partial charge in [-0.2, -0.15) is 0 Å². The van der Waals surface area contributed by atoms with Gasteiger partial charge >= 0.3 is 0 Å². The van der Waals surface area contributed by atoms with Crippen molar-refractivity contribution in [3.63, 3.8) is 0 Å². The van der Waals surface area contributed by atoms with Gasteiger partial charge in [-0.15, -0.1) is 0 Å². The molecule has 0 N–H and O–H groups in total. The standard InChI is InChI=1S/C15H14BrF/c1-11-5-7-13(8-6-11)15(16)10-12-3-2-4-14(17)9-12/h2-9,15H,10H2,1H3. The maximum absolute atomic E-state index is 13.1. The van der Waals surface area contributed by atoms with E-state index in [0.717, 1.165) is 12.0 Å². The summed E-state index contributed by atoms with van der Waals surface area (Å²) < 4.78 is 13.1. The van der Waals surface area contributed by atoms with E-state index < -0.39 is 0 Å². The predicted octanol–water partition coefficient (Wildman–Crippen LogP) is 4.81. The lowest BCUT2D eigenvalue weighted by Crippen LogP contribution is -1.95. The van der Waals surface area contributed by atoms with E-state index in [9.17, 15) is 4.39 Å². The molecule has 88 valence electrons. The average Bonchev–Trinajstić information content (AvgIpc) is 2.29. The third-order valence-electron chi connectivity index (χ3n) is 2.74. The van der Waals surface area contributed by atoms with Crippen LogP contribution in [-0.4, -0.2) is 0 Å². The van der Waals surface area contributed by atoms with Gasteiger partial charge in [-0.05, 0) is 36.6 Å². The van der Waals surface area contributed by atoms with Crippen molar-refractivity contribution in [1.29, 1.82) is 0 Å². The van der Waals surface area contributed by atoms with Crippen molar-refractivity contribution in [3.05, 3.63) is 71.0 Å². The number of rotatable bonds is 3. The number of hydrogen-bond acceptors (Lipinski definition) is 0. The molecule has 0 fully saturated rings. The Morgan fingerprint density at radius 2 is 1.82 bits per heavy atom. The minimum Gasteiger partial charge on any atom is -0.207 e. The first-order valence-electron chi connectivity index (χ1n) is 5.60. The monoisotopic (exact) mass is 292 g/mol. The number of alkyl halides is 1. The molecule has 1 atom stereocenters. The van der Waals surface area contributed by atoms with Crippen molar-refractivity contribution in [2.45, 2.75) is 18.2 Å². The largest absolute Gasteiger partial charge is 0.207 e. The molecule has 17 heavy (non-hydrogen) atoms. The minimum atomic E-state index is -0.175. The number of halogens is 2. The molecule has 2 aromatic rings. The molecule has 0 bridgehead atoms. The maximum atomic E-state index is 13.1. The second-order valence-electron chi connectivity index (χ2n) is 4.21. The first-order valence-corrected chi connectivity index (χ1v) is 6.52. The van der Waals surface area contributed by atoms with Crippen LogP contribution in [0.2, 0.25) is 0 Å². The molecule has 2 rings (SSSR count). The van der Waals surface area contributed by atoms with E-state index in [2.05, 4.69) is 47.1 Å². The van der Waals surface area contributed by atoms with Gasteiger partial charge in [0.25, 0.3) is 0 Å². The molecule has 2 heteroatoms. The van der Waals surface area contributed by atoms with E-state index in [1.807, 2.05) is 6.07 Å². The summed E-state index contributed by atoms with van der Waals surface area (Å²) in [6, 6.07) is 15.2. The molecule has 2 aromatic carbocycles. The zero-order chi connectivity index (χ0) is 12.3. The van der Waals surface area contributed by atoms with Crippen LogP contribution in [-0.2, 0) is 6.42 Å². The first-order chi connectivity index (χ1) is 8.15. The Labute approximate surface area is 110 Å². The molecule has 0 aliphatic heterocycles. The highest BCUT2D eigenvalue weighted by atomic mass is 79.9. The van der Waals surface area contributed by atoms with Crippen LogP contribution in [0.3, 0.4) is 0 Å². The molecule has 0 spiro atoms. The smallest absolute Gasteiger partial charge is 0.123 e. The highest BCUT2D eigenvalue weighted by Crippen LogP contribution is 2.27. The van der Waals surface area contributed by atoms with Crippen molar-refractivity contribution in [2.24, 2.45) is 0 Å². The zero-order valence-electron chi connectivity index (χ0n) is 9.66. The Balaban J connectivity index is 2.11. The molecule has 0 amide bonds. The normalized spacial score (nSPS) is 12.4. The average molecular weight is 293 g/mol. The molecule has 0 radical (unpaired) electrons. The fourth-order valence-corrected chi connectivity index (χ4v) is 2.44. The fraction of sp³-hybridized carbons (Fsp3) is 0.200. The summed E-state index contributed by atoms with van der Waals surface area (Å²) in [6.07, 6.45) is 0.792. The second-order valence-corrected chi connectivity index (χ2v) is 5.32. The predicted molar refractivity (Wildman–Crippen MR) is 73.0 cm³/mol. The lowest BCUT2D eigenvalue weighted by atomic mass is 10.0. The second kappa shape index (κ2) is 5.46. The van der Waals surface area contributed by atoms with Crippen molar-refractivity contribution in [3.8, 4) is 0 Å². The van der Waals surface area contributed by atoms with Crippen LogP contribution < -0.4 is 0 Å². The van der Waals surface area contributed by atoms with Gasteiger partial charge in [0, 0.05) is 4.83 Å². The molecule has 0 aliphatic rings. The van der Waals surface area contributed by atoms with Gasteiger partial charge in [-0.1, -0.05) is 57.9 Å². The summed E-state index contributed by atoms with van der Waals surface area (Å²) in [5.74, 6) is -0.175. The third kappa shape index (κ3) is 3.40. The molecular weight excluding hydrogens is 279 g/mol.